The zero-order valence-corrected chi connectivity index (χ0v) is 15.4. The van der Waals surface area contributed by atoms with E-state index in [4.69, 9.17) is 9.15 Å². The van der Waals surface area contributed by atoms with E-state index in [9.17, 15) is 18.4 Å². The first kappa shape index (κ1) is 18.0. The molecule has 1 saturated heterocycles. The van der Waals surface area contributed by atoms with Crippen molar-refractivity contribution in [3.05, 3.63) is 81.2 Å². The molecule has 0 N–H and O–H groups in total. The third kappa shape index (κ3) is 2.84. The topological polar surface area (TPSA) is 59.8 Å². The van der Waals surface area contributed by atoms with Crippen LogP contribution in [0.2, 0.25) is 0 Å². The van der Waals surface area contributed by atoms with Crippen LogP contribution in [0.4, 0.5) is 8.78 Å². The summed E-state index contributed by atoms with van der Waals surface area (Å²) in [6.07, 6.45) is 1.47. The number of hydrogen-bond donors (Lipinski definition) is 0. The van der Waals surface area contributed by atoms with Crippen LogP contribution in [0, 0.1) is 11.6 Å². The number of amides is 1. The zero-order chi connectivity index (χ0) is 20.1. The SMILES string of the molecule is O=C1c2oc3ccc(F)cc3c(=O)c2[C@H](c2ccccc2F)N1C[C@H]1CCCO1. The van der Waals surface area contributed by atoms with E-state index in [2.05, 4.69) is 0 Å². The van der Waals surface area contributed by atoms with Gasteiger partial charge >= 0.3 is 0 Å². The van der Waals surface area contributed by atoms with Crippen LogP contribution in [0.3, 0.4) is 0 Å². The molecule has 0 radical (unpaired) electrons. The van der Waals surface area contributed by atoms with Gasteiger partial charge < -0.3 is 14.1 Å². The molecule has 5 rings (SSSR count). The molecule has 2 aliphatic heterocycles. The fraction of sp³-hybridized carbons (Fsp3) is 0.273. The van der Waals surface area contributed by atoms with Crippen LogP contribution in [0.15, 0.2) is 51.7 Å². The lowest BCUT2D eigenvalue weighted by Crippen LogP contribution is -2.36. The largest absolute Gasteiger partial charge is 0.450 e. The number of halogens is 2. The van der Waals surface area contributed by atoms with E-state index in [1.807, 2.05) is 0 Å². The summed E-state index contributed by atoms with van der Waals surface area (Å²) in [5, 5.41) is 0.0249. The average molecular weight is 397 g/mol. The summed E-state index contributed by atoms with van der Waals surface area (Å²) in [4.78, 5) is 27.8. The molecule has 3 heterocycles. The minimum atomic E-state index is -0.952. The normalized spacial score (nSPS) is 21.2. The summed E-state index contributed by atoms with van der Waals surface area (Å²) in [7, 11) is 0. The molecule has 5 nitrogen and oxygen atoms in total. The highest BCUT2D eigenvalue weighted by Gasteiger charge is 2.44. The molecule has 2 aliphatic rings. The number of ether oxygens (including phenoxy) is 1. The van der Waals surface area contributed by atoms with E-state index in [0.717, 1.165) is 25.0 Å². The van der Waals surface area contributed by atoms with Crippen molar-refractivity contribution in [2.75, 3.05) is 13.2 Å². The van der Waals surface area contributed by atoms with E-state index in [0.29, 0.717) is 6.61 Å². The second-order valence-electron chi connectivity index (χ2n) is 7.33. The van der Waals surface area contributed by atoms with Gasteiger partial charge in [0.1, 0.15) is 17.2 Å². The van der Waals surface area contributed by atoms with Crippen molar-refractivity contribution in [2.24, 2.45) is 0 Å². The van der Waals surface area contributed by atoms with Crippen molar-refractivity contribution in [1.82, 2.24) is 4.90 Å². The number of rotatable bonds is 3. The van der Waals surface area contributed by atoms with Crippen molar-refractivity contribution in [3.63, 3.8) is 0 Å². The standard InChI is InChI=1S/C22H17F2NO4/c23-12-7-8-17-15(10-12)20(26)18-19(14-5-1-2-6-16(14)24)25(22(27)21(18)29-17)11-13-4-3-9-28-13/h1-2,5-8,10,13,19H,3-4,9,11H2/t13-,19+/m1/s1. The van der Waals surface area contributed by atoms with Crippen LogP contribution in [-0.2, 0) is 4.74 Å². The number of carbonyl (C=O) groups is 1. The predicted molar refractivity (Wildman–Crippen MR) is 101 cm³/mol. The maximum atomic E-state index is 14.7. The summed E-state index contributed by atoms with van der Waals surface area (Å²) in [6.45, 7) is 0.816. The van der Waals surface area contributed by atoms with E-state index >= 15 is 0 Å². The Morgan fingerprint density at radius 3 is 2.69 bits per heavy atom. The molecule has 1 fully saturated rings. The second kappa shape index (κ2) is 6.77. The maximum Gasteiger partial charge on any atom is 0.291 e. The Hall–Kier alpha value is -3.06. The number of carbonyl (C=O) groups excluding carboxylic acids is 1. The van der Waals surface area contributed by atoms with Gasteiger partial charge in [-0.25, -0.2) is 8.78 Å². The van der Waals surface area contributed by atoms with Gasteiger partial charge in [-0.1, -0.05) is 18.2 Å². The van der Waals surface area contributed by atoms with Crippen LogP contribution in [-0.4, -0.2) is 30.1 Å². The van der Waals surface area contributed by atoms with Crippen molar-refractivity contribution in [2.45, 2.75) is 25.0 Å². The summed E-state index contributed by atoms with van der Waals surface area (Å²) >= 11 is 0. The summed E-state index contributed by atoms with van der Waals surface area (Å²) in [6, 6.07) is 8.62. The monoisotopic (exact) mass is 397 g/mol. The summed E-state index contributed by atoms with van der Waals surface area (Å²) in [5.41, 5.74) is -0.177. The molecule has 2 aromatic carbocycles. The molecule has 2 atom stereocenters. The fourth-order valence-electron chi connectivity index (χ4n) is 4.21. The van der Waals surface area contributed by atoms with Gasteiger partial charge in [0.25, 0.3) is 5.91 Å². The molecule has 1 amide bonds. The first-order valence-corrected chi connectivity index (χ1v) is 9.48. The molecule has 3 aromatic rings. The Bertz CT molecular complexity index is 1180. The van der Waals surface area contributed by atoms with Crippen molar-refractivity contribution >= 4 is 16.9 Å². The smallest absolute Gasteiger partial charge is 0.291 e. The molecule has 0 spiro atoms. The lowest BCUT2D eigenvalue weighted by atomic mass is 9.98. The second-order valence-corrected chi connectivity index (χ2v) is 7.33. The van der Waals surface area contributed by atoms with E-state index in [-0.39, 0.29) is 40.5 Å². The third-order valence-corrected chi connectivity index (χ3v) is 5.55. The molecule has 0 aliphatic carbocycles. The van der Waals surface area contributed by atoms with Crippen LogP contribution < -0.4 is 5.43 Å². The lowest BCUT2D eigenvalue weighted by molar-refractivity contribution is 0.0483. The third-order valence-electron chi connectivity index (χ3n) is 5.55. The van der Waals surface area contributed by atoms with Gasteiger partial charge in [-0.2, -0.15) is 0 Å². The Labute approximate surface area is 164 Å². The van der Waals surface area contributed by atoms with Gasteiger partial charge in [-0.15, -0.1) is 0 Å². The highest BCUT2D eigenvalue weighted by Crippen LogP contribution is 2.39. The minimum absolute atomic E-state index is 0.0249. The Morgan fingerprint density at radius 2 is 1.93 bits per heavy atom. The molecule has 29 heavy (non-hydrogen) atoms. The molecular weight excluding hydrogens is 380 g/mol. The Balaban J connectivity index is 1.74. The van der Waals surface area contributed by atoms with Crippen LogP contribution in [0.5, 0.6) is 0 Å². The van der Waals surface area contributed by atoms with Crippen molar-refractivity contribution < 1.29 is 22.7 Å². The van der Waals surface area contributed by atoms with Gasteiger partial charge in [-0.05, 0) is 37.1 Å². The van der Waals surface area contributed by atoms with Crippen LogP contribution in [0.1, 0.15) is 40.6 Å². The van der Waals surface area contributed by atoms with E-state index in [1.165, 1.54) is 17.0 Å². The Morgan fingerprint density at radius 1 is 1.10 bits per heavy atom. The molecule has 1 aromatic heterocycles. The first-order valence-electron chi connectivity index (χ1n) is 9.48. The van der Waals surface area contributed by atoms with Crippen LogP contribution in [0.25, 0.3) is 11.0 Å². The van der Waals surface area contributed by atoms with Gasteiger partial charge in [0.2, 0.25) is 5.76 Å². The van der Waals surface area contributed by atoms with Gasteiger partial charge in [-0.3, -0.25) is 9.59 Å². The number of fused-ring (bicyclic) bond motifs is 2. The van der Waals surface area contributed by atoms with Gasteiger partial charge in [0.15, 0.2) is 5.43 Å². The molecule has 7 heteroatoms. The number of hydrogen-bond acceptors (Lipinski definition) is 4. The van der Waals surface area contributed by atoms with Gasteiger partial charge in [0.05, 0.1) is 23.1 Å². The average Bonchev–Trinajstić information content (AvgIpc) is 3.31. The van der Waals surface area contributed by atoms with Gasteiger partial charge in [0, 0.05) is 18.7 Å². The molecule has 0 unspecified atom stereocenters. The van der Waals surface area contributed by atoms with Crippen molar-refractivity contribution in [1.29, 1.82) is 0 Å². The molecule has 0 bridgehead atoms. The predicted octanol–water partition coefficient (Wildman–Crippen LogP) is 3.80. The van der Waals surface area contributed by atoms with Crippen molar-refractivity contribution in [3.8, 4) is 0 Å². The zero-order valence-electron chi connectivity index (χ0n) is 15.4. The Kier molecular flexibility index (Phi) is 4.20. The summed E-state index contributed by atoms with van der Waals surface area (Å²) in [5.74, 6) is -1.74. The van der Waals surface area contributed by atoms with E-state index in [1.54, 1.807) is 18.2 Å². The highest BCUT2D eigenvalue weighted by molar-refractivity contribution is 5.99. The minimum Gasteiger partial charge on any atom is -0.450 e. The van der Waals surface area contributed by atoms with E-state index < -0.39 is 29.0 Å². The number of nitrogens with zero attached hydrogens (tertiary/aromatic N) is 1. The molecule has 148 valence electrons. The maximum absolute atomic E-state index is 14.7. The van der Waals surface area contributed by atoms with Crippen LogP contribution >= 0.6 is 0 Å². The quantitative estimate of drug-likeness (QED) is 0.675. The molecular formula is C22H17F2NO4. The first-order chi connectivity index (χ1) is 14.0. The summed E-state index contributed by atoms with van der Waals surface area (Å²) < 4.78 is 39.8. The highest BCUT2D eigenvalue weighted by atomic mass is 19.1. The lowest BCUT2D eigenvalue weighted by Gasteiger charge is -2.27. The fourth-order valence-corrected chi connectivity index (χ4v) is 4.21. The number of benzene rings is 2. The molecule has 0 saturated carbocycles.